The van der Waals surface area contributed by atoms with E-state index >= 15 is 0 Å². The van der Waals surface area contributed by atoms with Gasteiger partial charge in [-0.25, -0.2) is 0 Å². The van der Waals surface area contributed by atoms with Crippen LogP contribution in [0.15, 0.2) is 66.7 Å². The monoisotopic (exact) mass is 332 g/mol. The lowest BCUT2D eigenvalue weighted by Crippen LogP contribution is -1.87. The Hall–Kier alpha value is -1.47. The second-order valence-electron chi connectivity index (χ2n) is 4.65. The van der Waals surface area contributed by atoms with Crippen LogP contribution in [0.25, 0.3) is 22.3 Å². The van der Waals surface area contributed by atoms with Crippen molar-refractivity contribution in [2.75, 3.05) is 0 Å². The molecule has 3 rings (SSSR count). The van der Waals surface area contributed by atoms with E-state index in [1.54, 1.807) is 0 Å². The summed E-state index contributed by atoms with van der Waals surface area (Å²) >= 11 is 19.1. The molecule has 21 heavy (non-hydrogen) atoms. The van der Waals surface area contributed by atoms with Crippen molar-refractivity contribution < 1.29 is 0 Å². The minimum Gasteiger partial charge on any atom is -0.0820 e. The summed E-state index contributed by atoms with van der Waals surface area (Å²) in [5.74, 6) is 0. The molecule has 0 heterocycles. The third-order valence-electron chi connectivity index (χ3n) is 3.32. The van der Waals surface area contributed by atoms with Crippen LogP contribution in [-0.4, -0.2) is 0 Å². The highest BCUT2D eigenvalue weighted by atomic mass is 35.5. The van der Waals surface area contributed by atoms with Crippen LogP contribution in [0.1, 0.15) is 0 Å². The van der Waals surface area contributed by atoms with Gasteiger partial charge in [-0.3, -0.25) is 0 Å². The molecule has 104 valence electrons. The van der Waals surface area contributed by atoms with E-state index < -0.39 is 0 Å². The van der Waals surface area contributed by atoms with Crippen LogP contribution in [0.3, 0.4) is 0 Å². The van der Waals surface area contributed by atoms with Crippen molar-refractivity contribution in [1.29, 1.82) is 0 Å². The molecule has 0 aliphatic carbocycles. The molecule has 0 fully saturated rings. The predicted octanol–water partition coefficient (Wildman–Crippen LogP) is 6.98. The van der Waals surface area contributed by atoms with Gasteiger partial charge in [-0.1, -0.05) is 95.5 Å². The first kappa shape index (κ1) is 14.5. The topological polar surface area (TPSA) is 0 Å². The molecule has 0 saturated heterocycles. The molecule has 3 aromatic rings. The molecular weight excluding hydrogens is 323 g/mol. The lowest BCUT2D eigenvalue weighted by Gasteiger charge is -2.13. The summed E-state index contributed by atoms with van der Waals surface area (Å²) < 4.78 is 0. The predicted molar refractivity (Wildman–Crippen MR) is 92.3 cm³/mol. The van der Waals surface area contributed by atoms with Gasteiger partial charge in [-0.05, 0) is 17.2 Å². The Morgan fingerprint density at radius 3 is 1.24 bits per heavy atom. The first-order valence-corrected chi connectivity index (χ1v) is 7.60. The molecule has 0 spiro atoms. The van der Waals surface area contributed by atoms with E-state index in [9.17, 15) is 0 Å². The maximum absolute atomic E-state index is 6.38. The van der Waals surface area contributed by atoms with Crippen LogP contribution < -0.4 is 0 Å². The highest BCUT2D eigenvalue weighted by Gasteiger charge is 2.16. The van der Waals surface area contributed by atoms with Gasteiger partial charge in [0.2, 0.25) is 0 Å². The Morgan fingerprint density at radius 1 is 0.476 bits per heavy atom. The van der Waals surface area contributed by atoms with Crippen LogP contribution in [0.2, 0.25) is 15.1 Å². The molecule has 0 bridgehead atoms. The first-order valence-electron chi connectivity index (χ1n) is 6.47. The Labute approximate surface area is 138 Å². The highest BCUT2D eigenvalue weighted by Crippen LogP contribution is 2.43. The molecular formula is C18H11Cl3. The van der Waals surface area contributed by atoms with E-state index in [2.05, 4.69) is 0 Å². The fourth-order valence-corrected chi connectivity index (χ4v) is 3.03. The minimum atomic E-state index is 0.388. The summed E-state index contributed by atoms with van der Waals surface area (Å²) in [4.78, 5) is 0. The van der Waals surface area contributed by atoms with E-state index in [-0.39, 0.29) is 0 Å². The zero-order valence-corrected chi connectivity index (χ0v) is 13.3. The quantitative estimate of drug-likeness (QED) is 0.444. The summed E-state index contributed by atoms with van der Waals surface area (Å²) in [5.41, 5.74) is 3.78. The van der Waals surface area contributed by atoms with Crippen LogP contribution in [0, 0.1) is 0 Å². The van der Waals surface area contributed by atoms with Gasteiger partial charge >= 0.3 is 0 Å². The highest BCUT2D eigenvalue weighted by molar-refractivity contribution is 6.50. The van der Waals surface area contributed by atoms with Gasteiger partial charge in [0.15, 0.2) is 0 Å². The summed E-state index contributed by atoms with van der Waals surface area (Å²) in [5, 5.41) is 1.35. The Bertz CT molecular complexity index is 702. The number of halogens is 3. The molecule has 0 saturated carbocycles. The standard InChI is InChI=1S/C18H11Cl3/c19-16-14(12-7-3-1-4-8-12)11-15(17(20)18(16)21)13-9-5-2-6-10-13/h1-11H. The Balaban J connectivity index is 2.26. The molecule has 0 atom stereocenters. The molecule has 0 aliphatic rings. The lowest BCUT2D eigenvalue weighted by atomic mass is 9.99. The van der Waals surface area contributed by atoms with Crippen molar-refractivity contribution in [3.63, 3.8) is 0 Å². The van der Waals surface area contributed by atoms with E-state index in [0.717, 1.165) is 22.3 Å². The molecule has 0 nitrogen and oxygen atoms in total. The van der Waals surface area contributed by atoms with Gasteiger partial charge in [-0.2, -0.15) is 0 Å². The number of hydrogen-bond donors (Lipinski definition) is 0. The summed E-state index contributed by atoms with van der Waals surface area (Å²) in [6.45, 7) is 0. The van der Waals surface area contributed by atoms with Gasteiger partial charge in [-0.15, -0.1) is 0 Å². The average molecular weight is 334 g/mol. The Kier molecular flexibility index (Phi) is 4.21. The van der Waals surface area contributed by atoms with Crippen molar-refractivity contribution in [2.45, 2.75) is 0 Å². The third kappa shape index (κ3) is 2.80. The van der Waals surface area contributed by atoms with E-state index in [0.29, 0.717) is 15.1 Å². The van der Waals surface area contributed by atoms with Crippen molar-refractivity contribution in [3.05, 3.63) is 81.8 Å². The fraction of sp³-hybridized carbons (Fsp3) is 0. The molecule has 0 N–H and O–H groups in total. The minimum absolute atomic E-state index is 0.388. The van der Waals surface area contributed by atoms with E-state index in [1.165, 1.54) is 0 Å². The first-order chi connectivity index (χ1) is 10.2. The number of benzene rings is 3. The number of rotatable bonds is 2. The Morgan fingerprint density at radius 2 is 0.857 bits per heavy atom. The van der Waals surface area contributed by atoms with Crippen LogP contribution >= 0.6 is 34.8 Å². The van der Waals surface area contributed by atoms with Crippen LogP contribution in [0.4, 0.5) is 0 Å². The maximum Gasteiger partial charge on any atom is 0.0791 e. The van der Waals surface area contributed by atoms with E-state index in [4.69, 9.17) is 34.8 Å². The molecule has 0 unspecified atom stereocenters. The normalized spacial score (nSPS) is 10.6. The molecule has 0 amide bonds. The fourth-order valence-electron chi connectivity index (χ4n) is 2.26. The zero-order chi connectivity index (χ0) is 14.8. The van der Waals surface area contributed by atoms with Crippen LogP contribution in [0.5, 0.6) is 0 Å². The van der Waals surface area contributed by atoms with E-state index in [1.807, 2.05) is 66.7 Å². The molecule has 3 aromatic carbocycles. The summed E-state index contributed by atoms with van der Waals surface area (Å²) in [6.07, 6.45) is 0. The largest absolute Gasteiger partial charge is 0.0820 e. The molecule has 0 radical (unpaired) electrons. The summed E-state index contributed by atoms with van der Waals surface area (Å²) in [7, 11) is 0. The third-order valence-corrected chi connectivity index (χ3v) is 4.67. The SMILES string of the molecule is Clc1c(-c2ccccc2)cc(-c2ccccc2)c(Cl)c1Cl. The maximum atomic E-state index is 6.38. The zero-order valence-electron chi connectivity index (χ0n) is 11.0. The van der Waals surface area contributed by atoms with Gasteiger partial charge < -0.3 is 0 Å². The van der Waals surface area contributed by atoms with Crippen molar-refractivity contribution >= 4 is 34.8 Å². The van der Waals surface area contributed by atoms with Gasteiger partial charge in [0.25, 0.3) is 0 Å². The van der Waals surface area contributed by atoms with Crippen molar-refractivity contribution in [1.82, 2.24) is 0 Å². The average Bonchev–Trinajstić information content (AvgIpc) is 2.55. The molecule has 0 aromatic heterocycles. The summed E-state index contributed by atoms with van der Waals surface area (Å²) in [6, 6.07) is 21.8. The molecule has 0 aliphatic heterocycles. The van der Waals surface area contributed by atoms with Gasteiger partial charge in [0.05, 0.1) is 15.1 Å². The smallest absolute Gasteiger partial charge is 0.0791 e. The van der Waals surface area contributed by atoms with Crippen molar-refractivity contribution in [3.8, 4) is 22.3 Å². The van der Waals surface area contributed by atoms with Gasteiger partial charge in [0.1, 0.15) is 0 Å². The second-order valence-corrected chi connectivity index (χ2v) is 5.78. The van der Waals surface area contributed by atoms with Crippen LogP contribution in [-0.2, 0) is 0 Å². The van der Waals surface area contributed by atoms with Gasteiger partial charge in [0, 0.05) is 11.1 Å². The van der Waals surface area contributed by atoms with Crippen molar-refractivity contribution in [2.24, 2.45) is 0 Å². The second kappa shape index (κ2) is 6.11. The number of hydrogen-bond acceptors (Lipinski definition) is 0. The molecule has 3 heteroatoms. The lowest BCUT2D eigenvalue weighted by molar-refractivity contribution is 1.58.